The van der Waals surface area contributed by atoms with Crippen LogP contribution in [0.5, 0.6) is 0 Å². The lowest BCUT2D eigenvalue weighted by Gasteiger charge is -2.28. The summed E-state index contributed by atoms with van der Waals surface area (Å²) < 4.78 is 0. The molecule has 0 spiro atoms. The molecule has 0 aliphatic rings. The number of carbonyl (C=O) groups is 2. The highest BCUT2D eigenvalue weighted by atomic mass is 16.4. The van der Waals surface area contributed by atoms with E-state index in [0.29, 0.717) is 25.4 Å². The lowest BCUT2D eigenvalue weighted by Crippen LogP contribution is -2.47. The standard InChI is InChI=1S/C14H28N2O3/c1-6-11(4)9-16(8-3)13(19)15-10-14(5,7-2)12(17)18/h11H,6-10H2,1-5H3,(H,15,19)(H,17,18). The number of hydrogen-bond donors (Lipinski definition) is 2. The van der Waals surface area contributed by atoms with Crippen molar-refractivity contribution in [3.05, 3.63) is 0 Å². The Hall–Kier alpha value is -1.26. The third kappa shape index (κ3) is 5.49. The topological polar surface area (TPSA) is 69.6 Å². The maximum absolute atomic E-state index is 12.0. The van der Waals surface area contributed by atoms with E-state index in [-0.39, 0.29) is 12.6 Å². The van der Waals surface area contributed by atoms with Crippen LogP contribution < -0.4 is 5.32 Å². The summed E-state index contributed by atoms with van der Waals surface area (Å²) in [6.45, 7) is 11.1. The molecule has 0 heterocycles. The average molecular weight is 272 g/mol. The SMILES string of the molecule is CCC(C)CN(CC)C(=O)NCC(C)(CC)C(=O)O. The number of rotatable bonds is 8. The van der Waals surface area contributed by atoms with Gasteiger partial charge in [0.1, 0.15) is 0 Å². The minimum Gasteiger partial charge on any atom is -0.481 e. The predicted molar refractivity (Wildman–Crippen MR) is 76.1 cm³/mol. The molecule has 2 atom stereocenters. The van der Waals surface area contributed by atoms with Crippen LogP contribution in [0.1, 0.15) is 47.5 Å². The van der Waals surface area contributed by atoms with Gasteiger partial charge in [-0.05, 0) is 26.2 Å². The number of carboxylic acid groups (broad SMARTS) is 1. The van der Waals surface area contributed by atoms with E-state index in [1.165, 1.54) is 0 Å². The molecule has 112 valence electrons. The number of urea groups is 1. The van der Waals surface area contributed by atoms with Crippen LogP contribution in [-0.4, -0.2) is 41.6 Å². The molecule has 5 nitrogen and oxygen atoms in total. The molecule has 2 N–H and O–H groups in total. The van der Waals surface area contributed by atoms with Crippen molar-refractivity contribution in [3.63, 3.8) is 0 Å². The Morgan fingerprint density at radius 3 is 2.26 bits per heavy atom. The lowest BCUT2D eigenvalue weighted by atomic mass is 9.88. The van der Waals surface area contributed by atoms with E-state index >= 15 is 0 Å². The van der Waals surface area contributed by atoms with E-state index in [1.54, 1.807) is 11.8 Å². The summed E-state index contributed by atoms with van der Waals surface area (Å²) in [4.78, 5) is 24.9. The minimum absolute atomic E-state index is 0.161. The molecule has 0 aromatic rings. The van der Waals surface area contributed by atoms with Gasteiger partial charge in [0, 0.05) is 19.6 Å². The van der Waals surface area contributed by atoms with E-state index in [9.17, 15) is 9.59 Å². The highest BCUT2D eigenvalue weighted by Gasteiger charge is 2.32. The van der Waals surface area contributed by atoms with Gasteiger partial charge in [0.05, 0.1) is 5.41 Å². The monoisotopic (exact) mass is 272 g/mol. The molecule has 0 aliphatic heterocycles. The van der Waals surface area contributed by atoms with Gasteiger partial charge in [-0.2, -0.15) is 0 Å². The second-order valence-corrected chi connectivity index (χ2v) is 5.43. The predicted octanol–water partition coefficient (Wildman–Crippen LogP) is 2.56. The number of aliphatic carboxylic acids is 1. The first-order chi connectivity index (χ1) is 8.80. The number of amides is 2. The Labute approximate surface area is 116 Å². The molecule has 5 heteroatoms. The van der Waals surface area contributed by atoms with Crippen molar-refractivity contribution in [2.75, 3.05) is 19.6 Å². The van der Waals surface area contributed by atoms with Crippen molar-refractivity contribution in [2.45, 2.75) is 47.5 Å². The zero-order valence-electron chi connectivity index (χ0n) is 12.8. The molecule has 0 bridgehead atoms. The quantitative estimate of drug-likeness (QED) is 0.713. The van der Waals surface area contributed by atoms with E-state index in [0.717, 1.165) is 6.42 Å². The summed E-state index contributed by atoms with van der Waals surface area (Å²) in [7, 11) is 0. The molecule has 0 aromatic carbocycles. The summed E-state index contributed by atoms with van der Waals surface area (Å²) in [5.74, 6) is -0.428. The maximum atomic E-state index is 12.0. The Morgan fingerprint density at radius 2 is 1.89 bits per heavy atom. The van der Waals surface area contributed by atoms with E-state index in [4.69, 9.17) is 5.11 Å². The fourth-order valence-electron chi connectivity index (χ4n) is 1.60. The molecule has 2 amide bonds. The Balaban J connectivity index is 4.46. The van der Waals surface area contributed by atoms with Crippen molar-refractivity contribution in [1.29, 1.82) is 0 Å². The Morgan fingerprint density at radius 1 is 1.32 bits per heavy atom. The minimum atomic E-state index is -0.897. The molecule has 0 aliphatic carbocycles. The molecule has 0 rings (SSSR count). The van der Waals surface area contributed by atoms with Gasteiger partial charge >= 0.3 is 12.0 Å². The average Bonchev–Trinajstić information content (AvgIpc) is 2.40. The molecule has 19 heavy (non-hydrogen) atoms. The molecule has 0 aromatic heterocycles. The third-order valence-corrected chi connectivity index (χ3v) is 3.82. The Kier molecular flexibility index (Phi) is 7.49. The second kappa shape index (κ2) is 8.02. The van der Waals surface area contributed by atoms with Gasteiger partial charge in [0.2, 0.25) is 0 Å². The number of nitrogens with zero attached hydrogens (tertiary/aromatic N) is 1. The van der Waals surface area contributed by atoms with Crippen molar-refractivity contribution >= 4 is 12.0 Å². The molecule has 0 saturated carbocycles. The summed E-state index contributed by atoms with van der Waals surface area (Å²) in [5.41, 5.74) is -0.897. The summed E-state index contributed by atoms with van der Waals surface area (Å²) in [6.07, 6.45) is 1.51. The van der Waals surface area contributed by atoms with Crippen LogP contribution in [-0.2, 0) is 4.79 Å². The van der Waals surface area contributed by atoms with Gasteiger partial charge in [0.15, 0.2) is 0 Å². The van der Waals surface area contributed by atoms with E-state index in [1.807, 2.05) is 13.8 Å². The van der Waals surface area contributed by atoms with Gasteiger partial charge < -0.3 is 15.3 Å². The zero-order chi connectivity index (χ0) is 15.1. The van der Waals surface area contributed by atoms with Gasteiger partial charge in [0.25, 0.3) is 0 Å². The van der Waals surface area contributed by atoms with Crippen LogP contribution in [0.15, 0.2) is 0 Å². The number of hydrogen-bond acceptors (Lipinski definition) is 2. The van der Waals surface area contributed by atoms with E-state index in [2.05, 4.69) is 19.2 Å². The first-order valence-electron chi connectivity index (χ1n) is 7.06. The molecule has 2 unspecified atom stereocenters. The summed E-state index contributed by atoms with van der Waals surface area (Å²) in [6, 6.07) is -0.177. The molecule has 0 radical (unpaired) electrons. The highest BCUT2D eigenvalue weighted by Crippen LogP contribution is 2.20. The van der Waals surface area contributed by atoms with Crippen LogP contribution in [0.3, 0.4) is 0 Å². The molecular formula is C14H28N2O3. The summed E-state index contributed by atoms with van der Waals surface area (Å²) >= 11 is 0. The fourth-order valence-corrected chi connectivity index (χ4v) is 1.60. The number of nitrogens with one attached hydrogen (secondary N) is 1. The Bertz CT molecular complexity index is 307. The first-order valence-corrected chi connectivity index (χ1v) is 7.06. The molecule has 0 fully saturated rings. The van der Waals surface area contributed by atoms with Gasteiger partial charge in [-0.25, -0.2) is 4.79 Å². The largest absolute Gasteiger partial charge is 0.481 e. The van der Waals surface area contributed by atoms with Crippen LogP contribution in [0.4, 0.5) is 4.79 Å². The number of carboxylic acids is 1. The van der Waals surface area contributed by atoms with E-state index < -0.39 is 11.4 Å². The van der Waals surface area contributed by atoms with Crippen molar-refractivity contribution in [3.8, 4) is 0 Å². The van der Waals surface area contributed by atoms with Crippen molar-refractivity contribution < 1.29 is 14.7 Å². The lowest BCUT2D eigenvalue weighted by molar-refractivity contribution is -0.147. The first kappa shape index (κ1) is 17.7. The highest BCUT2D eigenvalue weighted by molar-refractivity contribution is 5.77. The van der Waals surface area contributed by atoms with Gasteiger partial charge in [-0.1, -0.05) is 27.2 Å². The number of carbonyl (C=O) groups excluding carboxylic acids is 1. The zero-order valence-corrected chi connectivity index (χ0v) is 12.8. The maximum Gasteiger partial charge on any atom is 0.317 e. The van der Waals surface area contributed by atoms with Crippen LogP contribution in [0.2, 0.25) is 0 Å². The molecular weight excluding hydrogens is 244 g/mol. The van der Waals surface area contributed by atoms with Gasteiger partial charge in [-0.15, -0.1) is 0 Å². The smallest absolute Gasteiger partial charge is 0.317 e. The third-order valence-electron chi connectivity index (χ3n) is 3.82. The second-order valence-electron chi connectivity index (χ2n) is 5.43. The normalized spacial score (nSPS) is 15.4. The van der Waals surface area contributed by atoms with Crippen molar-refractivity contribution in [2.24, 2.45) is 11.3 Å². The molecule has 0 saturated heterocycles. The fraction of sp³-hybridized carbons (Fsp3) is 0.857. The van der Waals surface area contributed by atoms with Crippen LogP contribution >= 0.6 is 0 Å². The van der Waals surface area contributed by atoms with Crippen molar-refractivity contribution in [1.82, 2.24) is 10.2 Å². The summed E-state index contributed by atoms with van der Waals surface area (Å²) in [5, 5.41) is 11.9. The van der Waals surface area contributed by atoms with Crippen LogP contribution in [0.25, 0.3) is 0 Å². The van der Waals surface area contributed by atoms with Crippen LogP contribution in [0, 0.1) is 11.3 Å². The van der Waals surface area contributed by atoms with Gasteiger partial charge in [-0.3, -0.25) is 4.79 Å².